The van der Waals surface area contributed by atoms with Crippen LogP contribution in [0.1, 0.15) is 23.4 Å². The summed E-state index contributed by atoms with van der Waals surface area (Å²) in [6.45, 7) is 1.98. The molecule has 4 nitrogen and oxygen atoms in total. The number of carbonyl (C=O) groups is 2. The van der Waals surface area contributed by atoms with Gasteiger partial charge in [-0.1, -0.05) is 5.92 Å². The summed E-state index contributed by atoms with van der Waals surface area (Å²) in [6.07, 6.45) is 0.702. The minimum atomic E-state index is -1.00. The molecular weight excluding hydrogens is 238 g/mol. The van der Waals surface area contributed by atoms with Gasteiger partial charge >= 0.3 is 5.97 Å². The molecule has 5 heteroatoms. The van der Waals surface area contributed by atoms with Gasteiger partial charge in [-0.05, 0) is 36.3 Å². The van der Waals surface area contributed by atoms with Crippen molar-refractivity contribution < 1.29 is 14.7 Å². The van der Waals surface area contributed by atoms with Gasteiger partial charge in [0.15, 0.2) is 6.04 Å². The monoisotopic (exact) mass is 249 g/mol. The molecule has 0 aliphatic carbocycles. The predicted octanol–water partition coefficient (Wildman–Crippen LogP) is 1.28. The van der Waals surface area contributed by atoms with E-state index in [1.165, 1.54) is 16.2 Å². The number of aliphatic carboxylic acids is 1. The molecule has 0 fully saturated rings. The molecular formula is C12H11NO3S. The van der Waals surface area contributed by atoms with Crippen molar-refractivity contribution in [2.45, 2.75) is 19.4 Å². The maximum absolute atomic E-state index is 11.7. The fourth-order valence-corrected chi connectivity index (χ4v) is 2.88. The first-order valence-corrected chi connectivity index (χ1v) is 6.05. The first-order valence-electron chi connectivity index (χ1n) is 5.17. The van der Waals surface area contributed by atoms with Gasteiger partial charge < -0.3 is 10.0 Å². The molecule has 0 saturated carbocycles. The van der Waals surface area contributed by atoms with Crippen LogP contribution in [0.25, 0.3) is 0 Å². The maximum atomic E-state index is 11.7. The molecule has 88 valence electrons. The van der Waals surface area contributed by atoms with Gasteiger partial charge in [0.05, 0.1) is 0 Å². The van der Waals surface area contributed by atoms with Gasteiger partial charge in [0.2, 0.25) is 0 Å². The van der Waals surface area contributed by atoms with Crippen molar-refractivity contribution in [3.8, 4) is 11.8 Å². The summed E-state index contributed by atoms with van der Waals surface area (Å²) >= 11 is 1.54. The second-order valence-electron chi connectivity index (χ2n) is 3.66. The Labute approximate surface area is 103 Å². The number of fused-ring (bicyclic) bond motifs is 1. The van der Waals surface area contributed by atoms with Crippen LogP contribution in [0.5, 0.6) is 0 Å². The fourth-order valence-electron chi connectivity index (χ4n) is 1.98. The van der Waals surface area contributed by atoms with E-state index in [0.717, 1.165) is 10.4 Å². The maximum Gasteiger partial charge on any atom is 0.331 e. The smallest absolute Gasteiger partial charge is 0.331 e. The zero-order valence-electron chi connectivity index (χ0n) is 9.27. The van der Waals surface area contributed by atoms with Crippen molar-refractivity contribution in [3.63, 3.8) is 0 Å². The first kappa shape index (κ1) is 11.7. The molecule has 0 bridgehead atoms. The number of rotatable bonds is 1. The van der Waals surface area contributed by atoms with Crippen LogP contribution in [0, 0.1) is 11.8 Å². The second kappa shape index (κ2) is 4.60. The minimum absolute atomic E-state index is 0.415. The van der Waals surface area contributed by atoms with Crippen LogP contribution >= 0.6 is 11.3 Å². The summed E-state index contributed by atoms with van der Waals surface area (Å²) in [5, 5.41) is 11.1. The number of carboxylic acids is 1. The van der Waals surface area contributed by atoms with Gasteiger partial charge in [0, 0.05) is 11.4 Å². The normalized spacial score (nSPS) is 17.9. The van der Waals surface area contributed by atoms with Crippen LogP contribution in [0.15, 0.2) is 11.4 Å². The predicted molar refractivity (Wildman–Crippen MR) is 63.6 cm³/mol. The SMILES string of the molecule is CC#CC(=O)N1CCc2sccc2C1C(=O)O. The molecule has 1 unspecified atom stereocenters. The average molecular weight is 249 g/mol. The van der Waals surface area contributed by atoms with Gasteiger partial charge in [0.1, 0.15) is 0 Å². The van der Waals surface area contributed by atoms with Crippen molar-refractivity contribution in [1.82, 2.24) is 4.90 Å². The Balaban J connectivity index is 2.39. The third-order valence-electron chi connectivity index (χ3n) is 2.69. The molecule has 1 amide bonds. The summed E-state index contributed by atoms with van der Waals surface area (Å²) in [5.41, 5.74) is 0.722. The topological polar surface area (TPSA) is 57.6 Å². The number of carboxylic acid groups (broad SMARTS) is 1. The molecule has 1 aromatic heterocycles. The highest BCUT2D eigenvalue weighted by molar-refractivity contribution is 7.10. The van der Waals surface area contributed by atoms with Crippen molar-refractivity contribution in [2.75, 3.05) is 6.54 Å². The Kier molecular flexibility index (Phi) is 3.16. The van der Waals surface area contributed by atoms with E-state index in [2.05, 4.69) is 11.8 Å². The molecule has 17 heavy (non-hydrogen) atoms. The highest BCUT2D eigenvalue weighted by Gasteiger charge is 2.35. The summed E-state index contributed by atoms with van der Waals surface area (Å²) in [6, 6.07) is 0.885. The highest BCUT2D eigenvalue weighted by atomic mass is 32.1. The Hall–Kier alpha value is -1.80. The van der Waals surface area contributed by atoms with Crippen LogP contribution < -0.4 is 0 Å². The fraction of sp³-hybridized carbons (Fsp3) is 0.333. The molecule has 1 atom stereocenters. The van der Waals surface area contributed by atoms with E-state index in [0.29, 0.717) is 13.0 Å². The van der Waals surface area contributed by atoms with Crippen molar-refractivity contribution in [3.05, 3.63) is 21.9 Å². The lowest BCUT2D eigenvalue weighted by Crippen LogP contribution is -2.42. The lowest BCUT2D eigenvalue weighted by Gasteiger charge is -2.31. The van der Waals surface area contributed by atoms with E-state index in [1.54, 1.807) is 13.0 Å². The molecule has 1 N–H and O–H groups in total. The lowest BCUT2D eigenvalue weighted by molar-refractivity contribution is -0.149. The van der Waals surface area contributed by atoms with Crippen LogP contribution in [0.4, 0.5) is 0 Å². The average Bonchev–Trinajstić information content (AvgIpc) is 2.75. The number of carbonyl (C=O) groups excluding carboxylic acids is 1. The van der Waals surface area contributed by atoms with Gasteiger partial charge in [-0.15, -0.1) is 11.3 Å². The molecule has 1 aliphatic heterocycles. The van der Waals surface area contributed by atoms with E-state index in [4.69, 9.17) is 0 Å². The Bertz CT molecular complexity index is 523. The number of amides is 1. The molecule has 0 saturated heterocycles. The van der Waals surface area contributed by atoms with Crippen LogP contribution in [0.2, 0.25) is 0 Å². The quantitative estimate of drug-likeness (QED) is 0.763. The van der Waals surface area contributed by atoms with Crippen LogP contribution in [0.3, 0.4) is 0 Å². The summed E-state index contributed by atoms with van der Waals surface area (Å²) in [4.78, 5) is 25.4. The van der Waals surface area contributed by atoms with Gasteiger partial charge in [-0.2, -0.15) is 0 Å². The molecule has 2 heterocycles. The molecule has 0 spiro atoms. The summed E-state index contributed by atoms with van der Waals surface area (Å²) in [7, 11) is 0. The number of hydrogen-bond donors (Lipinski definition) is 1. The minimum Gasteiger partial charge on any atom is -0.479 e. The van der Waals surface area contributed by atoms with E-state index in [9.17, 15) is 14.7 Å². The molecule has 1 aromatic rings. The largest absolute Gasteiger partial charge is 0.479 e. The van der Waals surface area contributed by atoms with Crippen LogP contribution in [-0.4, -0.2) is 28.4 Å². The van der Waals surface area contributed by atoms with Crippen molar-refractivity contribution in [1.29, 1.82) is 0 Å². The van der Waals surface area contributed by atoms with E-state index < -0.39 is 17.9 Å². The first-order chi connectivity index (χ1) is 8.15. The number of nitrogens with zero attached hydrogens (tertiary/aromatic N) is 1. The van der Waals surface area contributed by atoms with E-state index >= 15 is 0 Å². The summed E-state index contributed by atoms with van der Waals surface area (Å²) < 4.78 is 0. The molecule has 1 aliphatic rings. The number of hydrogen-bond acceptors (Lipinski definition) is 3. The third-order valence-corrected chi connectivity index (χ3v) is 3.69. The van der Waals surface area contributed by atoms with E-state index in [-0.39, 0.29) is 0 Å². The molecule has 0 radical (unpaired) electrons. The Morgan fingerprint density at radius 2 is 2.35 bits per heavy atom. The lowest BCUT2D eigenvalue weighted by atomic mass is 10.00. The van der Waals surface area contributed by atoms with E-state index in [1.807, 2.05) is 5.38 Å². The zero-order valence-corrected chi connectivity index (χ0v) is 10.1. The van der Waals surface area contributed by atoms with Gasteiger partial charge in [-0.25, -0.2) is 4.79 Å². The van der Waals surface area contributed by atoms with Crippen molar-refractivity contribution in [2.24, 2.45) is 0 Å². The third kappa shape index (κ3) is 2.04. The zero-order chi connectivity index (χ0) is 12.4. The van der Waals surface area contributed by atoms with Gasteiger partial charge in [-0.3, -0.25) is 4.79 Å². The molecule has 2 rings (SSSR count). The second-order valence-corrected chi connectivity index (χ2v) is 4.66. The van der Waals surface area contributed by atoms with Gasteiger partial charge in [0.25, 0.3) is 5.91 Å². The molecule has 0 aromatic carbocycles. The standard InChI is InChI=1S/C12H11NO3S/c1-2-3-10(14)13-6-4-9-8(5-7-17-9)11(13)12(15)16/h5,7,11H,4,6H2,1H3,(H,15,16). The van der Waals surface area contributed by atoms with Crippen LogP contribution in [-0.2, 0) is 16.0 Å². The highest BCUT2D eigenvalue weighted by Crippen LogP contribution is 2.33. The number of thiophene rings is 1. The van der Waals surface area contributed by atoms with Crippen molar-refractivity contribution >= 4 is 23.2 Å². The summed E-state index contributed by atoms with van der Waals surface area (Å²) in [5.74, 6) is 3.49. The Morgan fingerprint density at radius 3 is 3.00 bits per heavy atom. The Morgan fingerprint density at radius 1 is 1.59 bits per heavy atom.